The van der Waals surface area contributed by atoms with Gasteiger partial charge in [-0.2, -0.15) is 0 Å². The molecule has 2 heterocycles. The molecule has 1 aromatic heterocycles. The van der Waals surface area contributed by atoms with Gasteiger partial charge in [-0.3, -0.25) is 9.79 Å². The number of hydrogen-bond donors (Lipinski definition) is 1. The van der Waals surface area contributed by atoms with Crippen LogP contribution in [0, 0.1) is 0 Å². The number of nitrogens with one attached hydrogen (secondary N) is 1. The summed E-state index contributed by atoms with van der Waals surface area (Å²) in [5.41, 5.74) is 0.974. The van der Waals surface area contributed by atoms with Crippen molar-refractivity contribution in [2.75, 3.05) is 12.4 Å². The molecule has 0 bridgehead atoms. The fourth-order valence-corrected chi connectivity index (χ4v) is 1.40. The summed E-state index contributed by atoms with van der Waals surface area (Å²) >= 11 is 0. The number of methoxy groups -OCH3 is 1. The summed E-state index contributed by atoms with van der Waals surface area (Å²) in [5, 5.41) is 2.93. The van der Waals surface area contributed by atoms with E-state index >= 15 is 0 Å². The summed E-state index contributed by atoms with van der Waals surface area (Å²) < 4.78 is 5.07. The van der Waals surface area contributed by atoms with E-state index in [2.05, 4.69) is 15.3 Å². The van der Waals surface area contributed by atoms with Crippen LogP contribution >= 0.6 is 0 Å². The molecule has 0 amide bonds. The molecule has 0 saturated heterocycles. The summed E-state index contributed by atoms with van der Waals surface area (Å²) in [4.78, 5) is 18.8. The molecule has 15 heavy (non-hydrogen) atoms. The van der Waals surface area contributed by atoms with Crippen molar-refractivity contribution in [3.8, 4) is 5.75 Å². The Hall–Kier alpha value is -1.91. The average molecular weight is 205 g/mol. The van der Waals surface area contributed by atoms with Crippen molar-refractivity contribution in [3.63, 3.8) is 0 Å². The van der Waals surface area contributed by atoms with Crippen LogP contribution in [0.25, 0.3) is 0 Å². The summed E-state index contributed by atoms with van der Waals surface area (Å²) in [6, 6.07) is 1.88. The Morgan fingerprint density at radius 2 is 2.53 bits per heavy atom. The quantitative estimate of drug-likeness (QED) is 0.720. The number of hydrogen-bond acceptors (Lipinski definition) is 5. The van der Waals surface area contributed by atoms with E-state index in [0.717, 1.165) is 11.8 Å². The third kappa shape index (κ3) is 1.96. The highest BCUT2D eigenvalue weighted by Crippen LogP contribution is 2.21. The minimum Gasteiger partial charge on any atom is -0.495 e. The van der Waals surface area contributed by atoms with E-state index in [1.54, 1.807) is 19.5 Å². The third-order valence-electron chi connectivity index (χ3n) is 2.17. The van der Waals surface area contributed by atoms with E-state index in [1.165, 1.54) is 0 Å². The van der Waals surface area contributed by atoms with Crippen LogP contribution in [-0.4, -0.2) is 30.8 Å². The topological polar surface area (TPSA) is 63.6 Å². The minimum atomic E-state index is -0.535. The number of carbonyl (C=O) groups is 1. The molecule has 1 aliphatic heterocycles. The van der Waals surface area contributed by atoms with Crippen molar-refractivity contribution >= 4 is 18.3 Å². The largest absolute Gasteiger partial charge is 0.495 e. The second kappa shape index (κ2) is 4.08. The van der Waals surface area contributed by atoms with Crippen molar-refractivity contribution in [2.45, 2.75) is 12.6 Å². The maximum absolute atomic E-state index is 10.6. The molecule has 2 rings (SSSR count). The highest BCUT2D eigenvalue weighted by molar-refractivity contribution is 5.74. The molecule has 0 saturated carbocycles. The Morgan fingerprint density at radius 1 is 1.67 bits per heavy atom. The molecule has 0 fully saturated rings. The van der Waals surface area contributed by atoms with Crippen LogP contribution in [0.5, 0.6) is 5.75 Å². The van der Waals surface area contributed by atoms with E-state index in [4.69, 9.17) is 4.74 Å². The molecule has 1 aromatic rings. The zero-order chi connectivity index (χ0) is 10.7. The lowest BCUT2D eigenvalue weighted by molar-refractivity contribution is -0.108. The molecule has 1 atom stereocenters. The number of aldehydes is 1. The fraction of sp³-hybridized carbons (Fsp3) is 0.300. The zero-order valence-corrected chi connectivity index (χ0v) is 8.30. The predicted molar refractivity (Wildman–Crippen MR) is 56.5 cm³/mol. The van der Waals surface area contributed by atoms with Gasteiger partial charge in [-0.1, -0.05) is 0 Å². The van der Waals surface area contributed by atoms with Crippen molar-refractivity contribution in [2.24, 2.45) is 4.99 Å². The smallest absolute Gasteiger partial charge is 0.175 e. The van der Waals surface area contributed by atoms with E-state index in [0.29, 0.717) is 18.0 Å². The lowest BCUT2D eigenvalue weighted by Crippen LogP contribution is -2.18. The third-order valence-corrected chi connectivity index (χ3v) is 2.17. The molecular weight excluding hydrogens is 194 g/mol. The predicted octanol–water partition coefficient (Wildman–Crippen LogP) is 0.654. The van der Waals surface area contributed by atoms with Gasteiger partial charge in [0, 0.05) is 18.2 Å². The Kier molecular flexibility index (Phi) is 2.62. The van der Waals surface area contributed by atoms with Crippen LogP contribution in [0.15, 0.2) is 17.3 Å². The van der Waals surface area contributed by atoms with Gasteiger partial charge in [0.2, 0.25) is 0 Å². The zero-order valence-electron chi connectivity index (χ0n) is 8.30. The molecule has 1 aliphatic rings. The van der Waals surface area contributed by atoms with Crippen LogP contribution in [0.4, 0.5) is 5.82 Å². The van der Waals surface area contributed by atoms with Gasteiger partial charge < -0.3 is 10.1 Å². The standard InChI is InChI=1S/C10H11N3O2/c1-15-8-4-7-2-3-11-9(6-14)13-10(7)12-5-8/h3-6,9H,2H2,1H3,(H,12,13). The summed E-state index contributed by atoms with van der Waals surface area (Å²) in [5.74, 6) is 1.39. The van der Waals surface area contributed by atoms with Gasteiger partial charge in [-0.15, -0.1) is 0 Å². The Labute approximate surface area is 87.2 Å². The molecule has 0 aromatic carbocycles. The number of ether oxygens (including phenoxy) is 1. The van der Waals surface area contributed by atoms with Crippen LogP contribution in [-0.2, 0) is 11.2 Å². The summed E-state index contributed by atoms with van der Waals surface area (Å²) in [6.07, 6.45) is 4.18. The van der Waals surface area contributed by atoms with E-state index in [1.807, 2.05) is 6.07 Å². The second-order valence-corrected chi connectivity index (χ2v) is 3.14. The number of carbonyl (C=O) groups excluding carboxylic acids is 1. The summed E-state index contributed by atoms with van der Waals surface area (Å²) in [7, 11) is 1.59. The van der Waals surface area contributed by atoms with Gasteiger partial charge in [-0.05, 0) is 6.07 Å². The lowest BCUT2D eigenvalue weighted by Gasteiger charge is -2.10. The molecule has 5 nitrogen and oxygen atoms in total. The summed E-state index contributed by atoms with van der Waals surface area (Å²) in [6.45, 7) is 0. The number of rotatable bonds is 2. The highest BCUT2D eigenvalue weighted by Gasteiger charge is 2.13. The van der Waals surface area contributed by atoms with Crippen LogP contribution in [0.2, 0.25) is 0 Å². The van der Waals surface area contributed by atoms with Gasteiger partial charge in [0.05, 0.1) is 13.3 Å². The molecule has 1 unspecified atom stereocenters. The second-order valence-electron chi connectivity index (χ2n) is 3.14. The van der Waals surface area contributed by atoms with Crippen LogP contribution in [0.1, 0.15) is 5.56 Å². The van der Waals surface area contributed by atoms with E-state index in [-0.39, 0.29) is 0 Å². The van der Waals surface area contributed by atoms with E-state index < -0.39 is 6.17 Å². The number of aromatic nitrogens is 1. The number of anilines is 1. The Bertz CT molecular complexity index is 404. The molecule has 0 aliphatic carbocycles. The number of nitrogens with zero attached hydrogens (tertiary/aromatic N) is 2. The van der Waals surface area contributed by atoms with Crippen molar-refractivity contribution < 1.29 is 9.53 Å². The fourth-order valence-electron chi connectivity index (χ4n) is 1.40. The van der Waals surface area contributed by atoms with Crippen molar-refractivity contribution in [1.29, 1.82) is 0 Å². The van der Waals surface area contributed by atoms with Gasteiger partial charge in [0.1, 0.15) is 11.6 Å². The molecule has 0 radical (unpaired) electrons. The highest BCUT2D eigenvalue weighted by atomic mass is 16.5. The number of aliphatic imine (C=N–C) groups is 1. The Morgan fingerprint density at radius 3 is 3.27 bits per heavy atom. The maximum Gasteiger partial charge on any atom is 0.175 e. The SMILES string of the molecule is COc1cnc2c(c1)CC=NC(C=O)N2. The van der Waals surface area contributed by atoms with E-state index in [9.17, 15) is 4.79 Å². The first-order chi connectivity index (χ1) is 7.33. The average Bonchev–Trinajstić information content (AvgIpc) is 2.49. The monoisotopic (exact) mass is 205 g/mol. The minimum absolute atomic E-state index is 0.535. The van der Waals surface area contributed by atoms with Gasteiger partial charge in [-0.25, -0.2) is 4.98 Å². The Balaban J connectivity index is 2.34. The first kappa shape index (κ1) is 9.64. The number of pyridine rings is 1. The van der Waals surface area contributed by atoms with Crippen LogP contribution in [0.3, 0.4) is 0 Å². The lowest BCUT2D eigenvalue weighted by atomic mass is 10.2. The van der Waals surface area contributed by atoms with Crippen LogP contribution < -0.4 is 10.1 Å². The maximum atomic E-state index is 10.6. The first-order valence-corrected chi connectivity index (χ1v) is 4.60. The van der Waals surface area contributed by atoms with Gasteiger partial charge >= 0.3 is 0 Å². The molecule has 1 N–H and O–H groups in total. The van der Waals surface area contributed by atoms with Crippen molar-refractivity contribution in [1.82, 2.24) is 4.98 Å². The normalized spacial score (nSPS) is 18.6. The molecular formula is C10H11N3O2. The molecule has 5 heteroatoms. The van der Waals surface area contributed by atoms with Gasteiger partial charge in [0.15, 0.2) is 12.5 Å². The molecule has 0 spiro atoms. The molecule has 78 valence electrons. The first-order valence-electron chi connectivity index (χ1n) is 4.60. The number of fused-ring (bicyclic) bond motifs is 1. The van der Waals surface area contributed by atoms with Crippen molar-refractivity contribution in [3.05, 3.63) is 17.8 Å². The van der Waals surface area contributed by atoms with Gasteiger partial charge in [0.25, 0.3) is 0 Å².